The molecule has 3 aromatic carbocycles. The summed E-state index contributed by atoms with van der Waals surface area (Å²) in [4.78, 5) is 4.23. The number of hydrogen-bond acceptors (Lipinski definition) is 3. The van der Waals surface area contributed by atoms with Crippen LogP contribution < -0.4 is 0 Å². The smallest absolute Gasteiger partial charge is 0.144 e. The van der Waals surface area contributed by atoms with Crippen LogP contribution in [0.25, 0.3) is 11.1 Å². The Kier molecular flexibility index (Phi) is 6.60. The summed E-state index contributed by atoms with van der Waals surface area (Å²) in [5.74, 6) is 9.17. The SMILES string of the molecule is N#Cc1ccc(C#Cc2ccc(C#Cc3ccc(-c4cc(F)c(C#N)c(F)c4)cc3)cn2)cc1F. The fourth-order valence-corrected chi connectivity index (χ4v) is 3.10. The highest BCUT2D eigenvalue weighted by Gasteiger charge is 2.11. The van der Waals surface area contributed by atoms with Crippen LogP contribution in [-0.2, 0) is 0 Å². The average molecular weight is 459 g/mol. The number of rotatable bonds is 1. The number of hydrogen-bond donors (Lipinski definition) is 0. The van der Waals surface area contributed by atoms with Gasteiger partial charge in [-0.2, -0.15) is 10.5 Å². The van der Waals surface area contributed by atoms with Crippen molar-refractivity contribution in [2.75, 3.05) is 0 Å². The molecule has 0 saturated carbocycles. The van der Waals surface area contributed by atoms with Crippen LogP contribution in [0.4, 0.5) is 13.2 Å². The normalized spacial score (nSPS) is 9.63. The van der Waals surface area contributed by atoms with Crippen molar-refractivity contribution in [2.24, 2.45) is 0 Å². The van der Waals surface area contributed by atoms with Gasteiger partial charge in [-0.3, -0.25) is 0 Å². The number of nitriles is 2. The average Bonchev–Trinajstić information content (AvgIpc) is 2.87. The van der Waals surface area contributed by atoms with Gasteiger partial charge in [0.05, 0.1) is 5.56 Å². The molecule has 0 aliphatic rings. The summed E-state index contributed by atoms with van der Waals surface area (Å²) in [6.07, 6.45) is 1.56. The van der Waals surface area contributed by atoms with Gasteiger partial charge >= 0.3 is 0 Å². The number of aromatic nitrogens is 1. The molecule has 0 N–H and O–H groups in total. The molecule has 0 aliphatic heterocycles. The van der Waals surface area contributed by atoms with Crippen molar-refractivity contribution in [1.29, 1.82) is 10.5 Å². The zero-order valence-corrected chi connectivity index (χ0v) is 17.9. The lowest BCUT2D eigenvalue weighted by molar-refractivity contribution is 0.577. The standard InChI is InChI=1S/C29H12F3N3/c30-27-13-20(5-10-23(27)16-33)6-11-25-12-7-21(18-35-25)2-1-19-3-8-22(9-4-19)24-14-28(31)26(17-34)29(32)15-24/h3-5,7-10,12-15,18H. The van der Waals surface area contributed by atoms with E-state index in [4.69, 9.17) is 10.5 Å². The van der Waals surface area contributed by atoms with Gasteiger partial charge in [0.25, 0.3) is 0 Å². The van der Waals surface area contributed by atoms with Crippen molar-refractivity contribution in [1.82, 2.24) is 4.98 Å². The molecular weight excluding hydrogens is 447 g/mol. The predicted octanol–water partition coefficient (Wildman–Crippen LogP) is 5.71. The molecule has 0 amide bonds. The highest BCUT2D eigenvalue weighted by molar-refractivity contribution is 5.66. The fourth-order valence-electron chi connectivity index (χ4n) is 3.10. The largest absolute Gasteiger partial charge is 0.246 e. The van der Waals surface area contributed by atoms with Crippen molar-refractivity contribution >= 4 is 0 Å². The van der Waals surface area contributed by atoms with Crippen LogP contribution in [0, 0.1) is 63.8 Å². The Bertz CT molecular complexity index is 1610. The molecule has 4 rings (SSSR count). The lowest BCUT2D eigenvalue weighted by Gasteiger charge is -2.04. The summed E-state index contributed by atoms with van der Waals surface area (Å²) >= 11 is 0. The second-order valence-corrected chi connectivity index (χ2v) is 7.24. The van der Waals surface area contributed by atoms with Gasteiger partial charge < -0.3 is 0 Å². The Balaban J connectivity index is 1.46. The molecule has 0 atom stereocenters. The molecular formula is C29H12F3N3. The summed E-state index contributed by atoms with van der Waals surface area (Å²) in [5, 5.41) is 17.6. The summed E-state index contributed by atoms with van der Waals surface area (Å²) < 4.78 is 41.4. The van der Waals surface area contributed by atoms with Crippen LogP contribution in [0.1, 0.15) is 33.5 Å². The van der Waals surface area contributed by atoms with Crippen LogP contribution in [0.5, 0.6) is 0 Å². The molecule has 0 spiro atoms. The van der Waals surface area contributed by atoms with Crippen LogP contribution in [0.2, 0.25) is 0 Å². The van der Waals surface area contributed by atoms with E-state index < -0.39 is 23.0 Å². The molecule has 35 heavy (non-hydrogen) atoms. The van der Waals surface area contributed by atoms with Gasteiger partial charge in [0.1, 0.15) is 40.8 Å². The van der Waals surface area contributed by atoms with Crippen LogP contribution in [-0.4, -0.2) is 4.98 Å². The van der Waals surface area contributed by atoms with Gasteiger partial charge in [-0.05, 0) is 71.6 Å². The highest BCUT2D eigenvalue weighted by Crippen LogP contribution is 2.24. The van der Waals surface area contributed by atoms with Crippen LogP contribution >= 0.6 is 0 Å². The fraction of sp³-hybridized carbons (Fsp3) is 0. The molecule has 1 heterocycles. The van der Waals surface area contributed by atoms with E-state index >= 15 is 0 Å². The first-order chi connectivity index (χ1) is 17.0. The monoisotopic (exact) mass is 459 g/mol. The van der Waals surface area contributed by atoms with E-state index in [9.17, 15) is 13.2 Å². The topological polar surface area (TPSA) is 60.5 Å². The minimum Gasteiger partial charge on any atom is -0.246 e. The van der Waals surface area contributed by atoms with Crippen molar-refractivity contribution in [3.05, 3.63) is 124 Å². The Labute approximate surface area is 199 Å². The lowest BCUT2D eigenvalue weighted by Crippen LogP contribution is -1.92. The second kappa shape index (κ2) is 10.1. The van der Waals surface area contributed by atoms with Crippen molar-refractivity contribution < 1.29 is 13.2 Å². The zero-order valence-electron chi connectivity index (χ0n) is 17.9. The number of benzene rings is 3. The Morgan fingerprint density at radius 2 is 1.20 bits per heavy atom. The van der Waals surface area contributed by atoms with E-state index in [1.54, 1.807) is 54.7 Å². The number of nitrogens with zero attached hydrogens (tertiary/aromatic N) is 3. The van der Waals surface area contributed by atoms with E-state index in [2.05, 4.69) is 28.7 Å². The van der Waals surface area contributed by atoms with E-state index in [0.717, 1.165) is 12.1 Å². The summed E-state index contributed by atoms with van der Waals surface area (Å²) in [5.41, 5.74) is 2.52. The van der Waals surface area contributed by atoms with Gasteiger partial charge in [-0.15, -0.1) is 0 Å². The third-order valence-corrected chi connectivity index (χ3v) is 4.91. The summed E-state index contributed by atoms with van der Waals surface area (Å²) in [6, 6.07) is 19.9. The van der Waals surface area contributed by atoms with Gasteiger partial charge in [0.15, 0.2) is 0 Å². The number of halogens is 3. The highest BCUT2D eigenvalue weighted by atomic mass is 19.1. The Hall–Kier alpha value is -5.30. The van der Waals surface area contributed by atoms with Gasteiger partial charge in [-0.1, -0.05) is 29.9 Å². The van der Waals surface area contributed by atoms with Gasteiger partial charge in [0, 0.05) is 22.9 Å². The van der Waals surface area contributed by atoms with E-state index in [1.165, 1.54) is 18.2 Å². The molecule has 0 unspecified atom stereocenters. The molecule has 0 aliphatic carbocycles. The van der Waals surface area contributed by atoms with E-state index in [1.807, 2.05) is 0 Å². The maximum atomic E-state index is 13.9. The number of pyridine rings is 1. The van der Waals surface area contributed by atoms with Gasteiger partial charge in [0.2, 0.25) is 0 Å². The first-order valence-electron chi connectivity index (χ1n) is 10.2. The predicted molar refractivity (Wildman–Crippen MR) is 124 cm³/mol. The third-order valence-electron chi connectivity index (χ3n) is 4.91. The molecule has 4 aromatic rings. The minimum absolute atomic E-state index is 0.0386. The van der Waals surface area contributed by atoms with Crippen LogP contribution in [0.15, 0.2) is 72.9 Å². The van der Waals surface area contributed by atoms with Crippen molar-refractivity contribution in [2.45, 2.75) is 0 Å². The molecule has 0 bridgehead atoms. The first kappa shape index (κ1) is 22.9. The molecule has 6 heteroatoms. The molecule has 1 aromatic heterocycles. The first-order valence-corrected chi connectivity index (χ1v) is 10.2. The van der Waals surface area contributed by atoms with Crippen molar-refractivity contribution in [3.63, 3.8) is 0 Å². The van der Waals surface area contributed by atoms with E-state index in [-0.39, 0.29) is 5.56 Å². The maximum absolute atomic E-state index is 13.9. The Morgan fingerprint density at radius 3 is 1.80 bits per heavy atom. The lowest BCUT2D eigenvalue weighted by atomic mass is 10.0. The molecule has 0 saturated heterocycles. The molecule has 3 nitrogen and oxygen atoms in total. The molecule has 0 radical (unpaired) electrons. The summed E-state index contributed by atoms with van der Waals surface area (Å²) in [6.45, 7) is 0. The quantitative estimate of drug-likeness (QED) is 0.343. The Morgan fingerprint density at radius 1 is 0.571 bits per heavy atom. The molecule has 0 fully saturated rings. The minimum atomic E-state index is -0.906. The zero-order chi connectivity index (χ0) is 24.8. The third kappa shape index (κ3) is 5.37. The maximum Gasteiger partial charge on any atom is 0.144 e. The summed E-state index contributed by atoms with van der Waals surface area (Å²) in [7, 11) is 0. The van der Waals surface area contributed by atoms with Gasteiger partial charge in [-0.25, -0.2) is 18.2 Å². The second-order valence-electron chi connectivity index (χ2n) is 7.24. The molecule has 164 valence electrons. The van der Waals surface area contributed by atoms with Crippen molar-refractivity contribution in [3.8, 4) is 46.9 Å². The van der Waals surface area contributed by atoms with E-state index in [0.29, 0.717) is 33.5 Å². The van der Waals surface area contributed by atoms with Crippen LogP contribution in [0.3, 0.4) is 0 Å².